The molecule has 0 saturated carbocycles. The van der Waals surface area contributed by atoms with Crippen molar-refractivity contribution in [2.45, 2.75) is 89.6 Å². The first-order valence-electron chi connectivity index (χ1n) is 10.9. The van der Waals surface area contributed by atoms with E-state index in [9.17, 15) is 4.79 Å². The van der Waals surface area contributed by atoms with E-state index in [0.717, 1.165) is 6.42 Å². The van der Waals surface area contributed by atoms with E-state index in [1.165, 1.54) is 61.8 Å². The van der Waals surface area contributed by atoms with Gasteiger partial charge in [0, 0.05) is 0 Å². The summed E-state index contributed by atoms with van der Waals surface area (Å²) in [6.07, 6.45) is 8.87. The predicted octanol–water partition coefficient (Wildman–Crippen LogP) is 7.14. The molecule has 26 heavy (non-hydrogen) atoms. The van der Waals surface area contributed by atoms with Crippen LogP contribution in [0.2, 0.25) is 17.7 Å². The number of carbonyl (C=O) groups is 1. The van der Waals surface area contributed by atoms with E-state index in [4.69, 9.17) is 4.74 Å². The van der Waals surface area contributed by atoms with E-state index in [0.29, 0.717) is 0 Å². The summed E-state index contributed by atoms with van der Waals surface area (Å²) in [7, 11) is 0. The molecule has 2 atom stereocenters. The molecule has 146 valence electrons. The van der Waals surface area contributed by atoms with Gasteiger partial charge in [-0.3, -0.25) is 0 Å². The van der Waals surface area contributed by atoms with Crippen molar-refractivity contribution >= 4 is 24.3 Å². The van der Waals surface area contributed by atoms with Gasteiger partial charge in [-0.25, -0.2) is 0 Å². The van der Waals surface area contributed by atoms with E-state index in [2.05, 4.69) is 32.9 Å². The molecule has 0 aliphatic carbocycles. The molecule has 0 spiro atoms. The van der Waals surface area contributed by atoms with Crippen molar-refractivity contribution in [1.82, 2.24) is 0 Å². The second-order valence-corrected chi connectivity index (χ2v) is 22.3. The average molecular weight is 465 g/mol. The zero-order chi connectivity index (χ0) is 18.8. The zero-order valence-electron chi connectivity index (χ0n) is 17.1. The van der Waals surface area contributed by atoms with Crippen LogP contribution in [0.5, 0.6) is 0 Å². The molecule has 2 nitrogen and oxygen atoms in total. The number of benzene rings is 1. The van der Waals surface area contributed by atoms with Crippen LogP contribution < -0.4 is 0 Å². The van der Waals surface area contributed by atoms with Crippen LogP contribution in [0.25, 0.3) is 0 Å². The quantitative estimate of drug-likeness (QED) is 0.242. The fourth-order valence-corrected chi connectivity index (χ4v) is 21.8. The molecule has 0 unspecified atom stereocenters. The molecular weight excluding hydrogens is 427 g/mol. The number of esters is 1. The average Bonchev–Trinajstić information content (AvgIpc) is 3.04. The van der Waals surface area contributed by atoms with Gasteiger partial charge >= 0.3 is 165 Å². The molecule has 1 aliphatic heterocycles. The van der Waals surface area contributed by atoms with Gasteiger partial charge in [-0.2, -0.15) is 0 Å². The molecule has 1 aromatic rings. The Kier molecular flexibility index (Phi) is 9.52. The van der Waals surface area contributed by atoms with Gasteiger partial charge in [0.2, 0.25) is 0 Å². The molecule has 0 aromatic heterocycles. The number of cyclic esters (lactones) is 1. The summed E-state index contributed by atoms with van der Waals surface area (Å²) in [6.45, 7) is 6.93. The van der Waals surface area contributed by atoms with Crippen LogP contribution in [-0.4, -0.2) is 24.3 Å². The second-order valence-electron chi connectivity index (χ2n) is 8.28. The predicted molar refractivity (Wildman–Crippen MR) is 113 cm³/mol. The summed E-state index contributed by atoms with van der Waals surface area (Å²) in [5, 5.41) is 0. The van der Waals surface area contributed by atoms with E-state index in [1.54, 1.807) is 0 Å². The Bertz CT molecular complexity index is 506. The first kappa shape index (κ1) is 21.8. The molecule has 0 radical (unpaired) electrons. The van der Waals surface area contributed by atoms with Gasteiger partial charge in [-0.1, -0.05) is 0 Å². The third-order valence-electron chi connectivity index (χ3n) is 6.12. The van der Waals surface area contributed by atoms with Crippen LogP contribution in [-0.2, 0) is 9.53 Å². The van der Waals surface area contributed by atoms with Crippen molar-refractivity contribution < 1.29 is 9.53 Å². The Morgan fingerprint density at radius 3 is 1.96 bits per heavy atom. The summed E-state index contributed by atoms with van der Waals surface area (Å²) in [6, 6.07) is 10.3. The number of unbranched alkanes of at least 4 members (excludes halogenated alkanes) is 3. The minimum atomic E-state index is -2.28. The number of rotatable bonds is 12. The van der Waals surface area contributed by atoms with Crippen molar-refractivity contribution in [2.75, 3.05) is 0 Å². The van der Waals surface area contributed by atoms with Crippen LogP contribution in [0.1, 0.15) is 77.4 Å². The SMILES string of the molecule is CCC[CH2][Sn]([CH2]CCC)([CH2]CCC)[CH2][C@H]1C[C@@H](c2ccccc2)OC1=O. The Morgan fingerprint density at radius 1 is 0.923 bits per heavy atom. The van der Waals surface area contributed by atoms with Gasteiger partial charge in [-0.05, 0) is 0 Å². The maximum absolute atomic E-state index is 12.7. The first-order valence-corrected chi connectivity index (χ1v) is 19.0. The van der Waals surface area contributed by atoms with Crippen molar-refractivity contribution in [3.8, 4) is 0 Å². The standard InChI is InChI=1S/C11H11O2.3C4H9.Sn/c1-8-7-10(13-11(8)12)9-5-3-2-4-6-9;3*1-3-4-2;/h2-6,8,10H,1,7H2;3*1,3-4H2,2H3;/t8-,10-;;;;/m0..../s1. The van der Waals surface area contributed by atoms with E-state index in [1.807, 2.05) is 18.2 Å². The number of carbonyl (C=O) groups excluding carboxylic acids is 1. The molecule has 0 amide bonds. The van der Waals surface area contributed by atoms with Crippen molar-refractivity contribution in [3.63, 3.8) is 0 Å². The summed E-state index contributed by atoms with van der Waals surface area (Å²) in [4.78, 5) is 12.7. The first-order chi connectivity index (χ1) is 12.6. The van der Waals surface area contributed by atoms with Crippen LogP contribution in [0.4, 0.5) is 0 Å². The van der Waals surface area contributed by atoms with E-state index in [-0.39, 0.29) is 18.0 Å². The molecule has 1 heterocycles. The summed E-state index contributed by atoms with van der Waals surface area (Å²) >= 11 is -2.28. The number of hydrogen-bond donors (Lipinski definition) is 0. The van der Waals surface area contributed by atoms with Crippen molar-refractivity contribution in [3.05, 3.63) is 35.9 Å². The third-order valence-corrected chi connectivity index (χ3v) is 22.1. The molecule has 1 fully saturated rings. The Hall–Kier alpha value is -0.511. The molecule has 1 aliphatic rings. The second kappa shape index (κ2) is 11.4. The molecule has 3 heteroatoms. The summed E-state index contributed by atoms with van der Waals surface area (Å²) < 4.78 is 11.5. The van der Waals surface area contributed by atoms with Crippen molar-refractivity contribution in [1.29, 1.82) is 0 Å². The topological polar surface area (TPSA) is 26.3 Å². The van der Waals surface area contributed by atoms with Gasteiger partial charge in [-0.15, -0.1) is 0 Å². The number of hydrogen-bond acceptors (Lipinski definition) is 2. The third kappa shape index (κ3) is 6.28. The molecular formula is C23H38O2Sn. The molecule has 0 bridgehead atoms. The Balaban J connectivity index is 2.10. The van der Waals surface area contributed by atoms with Crippen LogP contribution in [0.15, 0.2) is 30.3 Å². The Labute approximate surface area is 165 Å². The fraction of sp³-hybridized carbons (Fsp3) is 0.696. The van der Waals surface area contributed by atoms with Crippen molar-refractivity contribution in [2.24, 2.45) is 5.92 Å². The van der Waals surface area contributed by atoms with Crippen LogP contribution in [0, 0.1) is 5.92 Å². The van der Waals surface area contributed by atoms with Gasteiger partial charge < -0.3 is 0 Å². The monoisotopic (exact) mass is 466 g/mol. The van der Waals surface area contributed by atoms with Gasteiger partial charge in [0.1, 0.15) is 0 Å². The number of ether oxygens (including phenoxy) is 1. The molecule has 0 N–H and O–H groups in total. The van der Waals surface area contributed by atoms with Gasteiger partial charge in [0.05, 0.1) is 0 Å². The maximum atomic E-state index is 12.7. The van der Waals surface area contributed by atoms with E-state index >= 15 is 0 Å². The fourth-order valence-electron chi connectivity index (χ4n) is 4.54. The molecule has 1 saturated heterocycles. The van der Waals surface area contributed by atoms with Gasteiger partial charge in [0.25, 0.3) is 0 Å². The summed E-state index contributed by atoms with van der Waals surface area (Å²) in [5.41, 5.74) is 1.17. The zero-order valence-corrected chi connectivity index (χ0v) is 20.0. The molecule has 2 rings (SSSR count). The van der Waals surface area contributed by atoms with Gasteiger partial charge in [0.15, 0.2) is 0 Å². The molecule has 1 aromatic carbocycles. The van der Waals surface area contributed by atoms with Crippen LogP contribution >= 0.6 is 0 Å². The summed E-state index contributed by atoms with van der Waals surface area (Å²) in [5.74, 6) is 0.256. The van der Waals surface area contributed by atoms with Crippen LogP contribution in [0.3, 0.4) is 0 Å². The normalized spacial score (nSPS) is 20.3. The Morgan fingerprint density at radius 2 is 1.46 bits per heavy atom. The van der Waals surface area contributed by atoms with E-state index < -0.39 is 18.4 Å². The minimum absolute atomic E-state index is 0.0128.